The second kappa shape index (κ2) is 4.32. The van der Waals surface area contributed by atoms with Crippen LogP contribution in [-0.2, 0) is 10.3 Å². The van der Waals surface area contributed by atoms with Crippen molar-refractivity contribution in [1.29, 1.82) is 0 Å². The fraction of sp³-hybridized carbons (Fsp3) is 0.250. The zero-order valence-corrected chi connectivity index (χ0v) is 10.9. The lowest BCUT2D eigenvalue weighted by molar-refractivity contribution is -0.121. The van der Waals surface area contributed by atoms with Crippen molar-refractivity contribution < 1.29 is 4.79 Å². The normalized spacial score (nSPS) is 28.2. The molecule has 7 heteroatoms. The minimum absolute atomic E-state index is 0.268. The van der Waals surface area contributed by atoms with Gasteiger partial charge in [0.1, 0.15) is 0 Å². The van der Waals surface area contributed by atoms with Crippen LogP contribution in [0.3, 0.4) is 0 Å². The smallest absolute Gasteiger partial charge is 0.178 e. The van der Waals surface area contributed by atoms with Crippen LogP contribution in [0.15, 0.2) is 36.4 Å². The quantitative estimate of drug-likeness (QED) is 0.749. The number of rotatable bonds is 1. The molecule has 1 aliphatic carbocycles. The highest BCUT2D eigenvalue weighted by atomic mass is 35.5. The first kappa shape index (κ1) is 14.5. The molecule has 2 nitrogen and oxygen atoms in total. The van der Waals surface area contributed by atoms with Crippen LogP contribution in [0.2, 0.25) is 15.5 Å². The van der Waals surface area contributed by atoms with Gasteiger partial charge in [-0.3, -0.25) is 4.79 Å². The lowest BCUT2D eigenvalue weighted by Crippen LogP contribution is -2.61. The van der Waals surface area contributed by atoms with Gasteiger partial charge in [-0.15, -0.1) is 0 Å². The summed E-state index contributed by atoms with van der Waals surface area (Å²) in [5.74, 6) is -0.503. The molecular formula is C12H8B4ClNO. The first-order valence-electron chi connectivity index (χ1n) is 5.57. The number of halogens is 1. The van der Waals surface area contributed by atoms with Gasteiger partial charge in [0.25, 0.3) is 0 Å². The van der Waals surface area contributed by atoms with Crippen LogP contribution in [0, 0.1) is 0 Å². The first-order chi connectivity index (χ1) is 8.64. The predicted octanol–water partition coefficient (Wildman–Crippen LogP) is 0.539. The molecule has 1 unspecified atom stereocenters. The average Bonchev–Trinajstić information content (AvgIpc) is 2.33. The van der Waals surface area contributed by atoms with Gasteiger partial charge in [0.15, 0.2) is 5.78 Å². The molecule has 1 atom stereocenters. The SMILES string of the molecule is [B]C1([B])C=CC(=O)C(N)(c2ccccc2Cl)C1([B])[B]. The fourth-order valence-corrected chi connectivity index (χ4v) is 2.45. The number of ketones is 1. The van der Waals surface area contributed by atoms with Gasteiger partial charge in [-0.1, -0.05) is 46.3 Å². The molecular weight excluding hydrogens is 253 g/mol. The Morgan fingerprint density at radius 1 is 1.11 bits per heavy atom. The van der Waals surface area contributed by atoms with E-state index in [1.54, 1.807) is 24.3 Å². The summed E-state index contributed by atoms with van der Waals surface area (Å²) in [6, 6.07) is 6.53. The Labute approximate surface area is 122 Å². The number of hydrogen-bond donors (Lipinski definition) is 1. The highest BCUT2D eigenvalue weighted by Crippen LogP contribution is 2.57. The summed E-state index contributed by atoms with van der Waals surface area (Å²) in [5, 5.41) is -3.27. The summed E-state index contributed by atoms with van der Waals surface area (Å²) in [6.07, 6.45) is 2.43. The molecule has 2 rings (SSSR count). The molecule has 0 heterocycles. The van der Waals surface area contributed by atoms with E-state index in [9.17, 15) is 4.79 Å². The molecule has 0 aliphatic heterocycles. The van der Waals surface area contributed by atoms with Gasteiger partial charge >= 0.3 is 0 Å². The molecule has 8 radical (unpaired) electrons. The Hall–Kier alpha value is -0.860. The molecule has 0 amide bonds. The zero-order chi connectivity index (χ0) is 14.5. The second-order valence-corrected chi connectivity index (χ2v) is 5.19. The van der Waals surface area contributed by atoms with Crippen LogP contribution in [0.25, 0.3) is 0 Å². The third-order valence-electron chi connectivity index (χ3n) is 3.57. The topological polar surface area (TPSA) is 43.1 Å². The number of allylic oxidation sites excluding steroid dienone is 1. The van der Waals surface area contributed by atoms with Crippen LogP contribution in [0.1, 0.15) is 5.56 Å². The van der Waals surface area contributed by atoms with Gasteiger partial charge in [0, 0.05) is 5.02 Å². The standard InChI is InChI=1S/C12H8B4ClNO/c13-10(14)6-5-9(19)11(18,12(10,15)16)7-3-1-2-4-8(7)17/h1-6H,18H2. The predicted molar refractivity (Wildman–Crippen MR) is 79.9 cm³/mol. The molecule has 2 N–H and O–H groups in total. The fourth-order valence-electron chi connectivity index (χ4n) is 2.16. The minimum atomic E-state index is -1.89. The molecule has 0 saturated carbocycles. The summed E-state index contributed by atoms with van der Waals surface area (Å²) < 4.78 is 0. The third kappa shape index (κ3) is 1.85. The summed E-state index contributed by atoms with van der Waals surface area (Å²) in [5.41, 5.74) is 4.67. The summed E-state index contributed by atoms with van der Waals surface area (Å²) >= 11 is 6.08. The van der Waals surface area contributed by atoms with Crippen molar-refractivity contribution in [3.8, 4) is 0 Å². The van der Waals surface area contributed by atoms with E-state index in [0.717, 1.165) is 0 Å². The minimum Gasteiger partial charge on any atom is -0.316 e. The Bertz CT molecular complexity index is 573. The number of hydrogen-bond acceptors (Lipinski definition) is 2. The van der Waals surface area contributed by atoms with Crippen molar-refractivity contribution in [2.45, 2.75) is 16.0 Å². The van der Waals surface area contributed by atoms with E-state index in [0.29, 0.717) is 0 Å². The van der Waals surface area contributed by atoms with Crippen LogP contribution in [-0.4, -0.2) is 37.2 Å². The molecule has 86 valence electrons. The van der Waals surface area contributed by atoms with Crippen molar-refractivity contribution in [1.82, 2.24) is 0 Å². The third-order valence-corrected chi connectivity index (χ3v) is 3.90. The molecule has 0 saturated heterocycles. The van der Waals surface area contributed by atoms with Gasteiger partial charge in [0.2, 0.25) is 0 Å². The lowest BCUT2D eigenvalue weighted by Gasteiger charge is -2.55. The summed E-state index contributed by atoms with van der Waals surface area (Å²) in [7, 11) is 23.7. The van der Waals surface area contributed by atoms with E-state index in [2.05, 4.69) is 0 Å². The van der Waals surface area contributed by atoms with E-state index < -0.39 is 21.7 Å². The Kier molecular flexibility index (Phi) is 3.31. The molecule has 1 aromatic carbocycles. The molecule has 0 bridgehead atoms. The maximum absolute atomic E-state index is 12.2. The highest BCUT2D eigenvalue weighted by Gasteiger charge is 2.55. The molecule has 19 heavy (non-hydrogen) atoms. The Morgan fingerprint density at radius 3 is 2.26 bits per heavy atom. The average molecular weight is 261 g/mol. The molecule has 0 fully saturated rings. The van der Waals surface area contributed by atoms with E-state index >= 15 is 0 Å². The van der Waals surface area contributed by atoms with Crippen LogP contribution < -0.4 is 5.73 Å². The summed E-state index contributed by atoms with van der Waals surface area (Å²) in [4.78, 5) is 12.2. The van der Waals surface area contributed by atoms with Crippen molar-refractivity contribution in [2.75, 3.05) is 0 Å². The van der Waals surface area contributed by atoms with E-state index in [1.165, 1.54) is 12.2 Å². The number of carbonyl (C=O) groups is 1. The monoisotopic (exact) mass is 261 g/mol. The van der Waals surface area contributed by atoms with Crippen LogP contribution in [0.4, 0.5) is 0 Å². The van der Waals surface area contributed by atoms with Gasteiger partial charge in [-0.05, 0) is 17.7 Å². The first-order valence-corrected chi connectivity index (χ1v) is 5.95. The van der Waals surface area contributed by atoms with Gasteiger partial charge < -0.3 is 5.73 Å². The maximum Gasteiger partial charge on any atom is 0.178 e. The number of benzene rings is 1. The molecule has 1 aromatic rings. The molecule has 0 spiro atoms. The van der Waals surface area contributed by atoms with Gasteiger partial charge in [-0.2, -0.15) is 0 Å². The molecule has 0 aromatic heterocycles. The van der Waals surface area contributed by atoms with Crippen molar-refractivity contribution in [2.24, 2.45) is 5.73 Å². The van der Waals surface area contributed by atoms with E-state index in [1.807, 2.05) is 0 Å². The van der Waals surface area contributed by atoms with Gasteiger partial charge in [-0.25, -0.2) is 0 Å². The Balaban J connectivity index is 2.74. The van der Waals surface area contributed by atoms with Gasteiger partial charge in [0.05, 0.1) is 36.9 Å². The zero-order valence-electron chi connectivity index (χ0n) is 10.1. The van der Waals surface area contributed by atoms with Crippen LogP contribution >= 0.6 is 11.6 Å². The van der Waals surface area contributed by atoms with Crippen molar-refractivity contribution in [3.63, 3.8) is 0 Å². The highest BCUT2D eigenvalue weighted by molar-refractivity contribution is 6.57. The maximum atomic E-state index is 12.2. The number of nitrogens with two attached hydrogens (primary N) is 1. The van der Waals surface area contributed by atoms with Crippen LogP contribution in [0.5, 0.6) is 0 Å². The largest absolute Gasteiger partial charge is 0.316 e. The van der Waals surface area contributed by atoms with E-state index in [4.69, 9.17) is 48.7 Å². The van der Waals surface area contributed by atoms with Crippen molar-refractivity contribution >= 4 is 48.8 Å². The lowest BCUT2D eigenvalue weighted by atomic mass is 9.23. The number of carbonyl (C=O) groups excluding carboxylic acids is 1. The Morgan fingerprint density at radius 2 is 1.68 bits per heavy atom. The van der Waals surface area contributed by atoms with E-state index in [-0.39, 0.29) is 10.6 Å². The van der Waals surface area contributed by atoms with Crippen molar-refractivity contribution in [3.05, 3.63) is 47.0 Å². The summed E-state index contributed by atoms with van der Waals surface area (Å²) in [6.45, 7) is 0. The second-order valence-electron chi connectivity index (χ2n) is 4.79. The molecule has 1 aliphatic rings.